The summed E-state index contributed by atoms with van der Waals surface area (Å²) >= 11 is 0. The predicted molar refractivity (Wildman–Crippen MR) is 154 cm³/mol. The molecule has 0 aliphatic carbocycles. The molecule has 39 heavy (non-hydrogen) atoms. The molecule has 0 saturated carbocycles. The average molecular weight is 545 g/mol. The van der Waals surface area contributed by atoms with Gasteiger partial charge in [0, 0.05) is 12.1 Å². The first-order chi connectivity index (χ1) is 18.7. The van der Waals surface area contributed by atoms with E-state index >= 15 is 0 Å². The molecule has 0 aliphatic heterocycles. The third-order valence-corrected chi connectivity index (χ3v) is 6.74. The molecule has 0 bridgehead atoms. The fourth-order valence-electron chi connectivity index (χ4n) is 4.32. The second kappa shape index (κ2) is 17.6. The second-order valence-corrected chi connectivity index (χ2v) is 10.2. The largest absolute Gasteiger partial charge is 0.497 e. The molecular weight excluding hydrogens is 499 g/mol. The van der Waals surface area contributed by atoms with Crippen LogP contribution >= 0.6 is 0 Å². The Morgan fingerprint density at radius 2 is 1.69 bits per heavy atom. The smallest absolute Gasteiger partial charge is 0.341 e. The fraction of sp³-hybridized carbons (Fsp3) is 0.548. The minimum atomic E-state index is -0.954. The van der Waals surface area contributed by atoms with Crippen molar-refractivity contribution in [3.63, 3.8) is 0 Å². The van der Waals surface area contributed by atoms with Gasteiger partial charge in [-0.1, -0.05) is 38.1 Å². The summed E-state index contributed by atoms with van der Waals surface area (Å²) in [5.41, 5.74) is 2.31. The average Bonchev–Trinajstić information content (AvgIpc) is 2.94. The van der Waals surface area contributed by atoms with Crippen molar-refractivity contribution in [3.8, 4) is 11.5 Å². The monoisotopic (exact) mass is 544 g/mol. The predicted octanol–water partition coefficient (Wildman–Crippen LogP) is 6.22. The van der Waals surface area contributed by atoms with Crippen LogP contribution in [0.25, 0.3) is 0 Å². The quantitative estimate of drug-likeness (QED) is 0.162. The number of urea groups is 1. The number of rotatable bonds is 17. The number of carbonyl (C=O) groups is 1. The Kier molecular flexibility index (Phi) is 14.5. The van der Waals surface area contributed by atoms with Gasteiger partial charge in [-0.2, -0.15) is 0 Å². The Labute approximate surface area is 232 Å². The molecule has 2 amide bonds. The van der Waals surface area contributed by atoms with Gasteiger partial charge in [-0.3, -0.25) is 4.39 Å². The number of nitrogens with zero attached hydrogens (tertiary/aromatic N) is 1. The molecule has 0 radical (unpaired) electrons. The van der Waals surface area contributed by atoms with Crippen LogP contribution in [0.1, 0.15) is 76.5 Å². The number of aliphatic hydroxyl groups excluding tert-OH is 2. The van der Waals surface area contributed by atoms with Crippen molar-refractivity contribution in [1.82, 2.24) is 5.32 Å². The number of benzene rings is 2. The molecule has 0 aromatic heterocycles. The molecule has 0 aliphatic rings. The molecule has 2 aromatic rings. The molecule has 0 fully saturated rings. The molecule has 8 heteroatoms. The van der Waals surface area contributed by atoms with E-state index in [0.29, 0.717) is 62.2 Å². The zero-order valence-electron chi connectivity index (χ0n) is 23.7. The van der Waals surface area contributed by atoms with E-state index in [1.165, 1.54) is 0 Å². The fourth-order valence-corrected chi connectivity index (χ4v) is 4.32. The Balaban J connectivity index is 2.09. The lowest BCUT2D eigenvalue weighted by Gasteiger charge is -2.27. The van der Waals surface area contributed by atoms with Crippen molar-refractivity contribution in [1.29, 1.82) is 0 Å². The van der Waals surface area contributed by atoms with Crippen LogP contribution in [0.3, 0.4) is 0 Å². The van der Waals surface area contributed by atoms with Gasteiger partial charge >= 0.3 is 6.03 Å². The lowest BCUT2D eigenvalue weighted by Crippen LogP contribution is -2.39. The summed E-state index contributed by atoms with van der Waals surface area (Å²) in [6.45, 7) is 5.88. The number of carbonyl (C=O) groups excluding carboxylic acids is 1. The van der Waals surface area contributed by atoms with Crippen LogP contribution in [0.15, 0.2) is 53.5 Å². The number of hydrogen-bond acceptors (Lipinski definition) is 5. The van der Waals surface area contributed by atoms with Gasteiger partial charge in [0.2, 0.25) is 0 Å². The molecule has 0 saturated heterocycles. The Hall–Kier alpha value is -2.97. The summed E-state index contributed by atoms with van der Waals surface area (Å²) in [6, 6.07) is 13.6. The van der Waals surface area contributed by atoms with Gasteiger partial charge < -0.3 is 25.0 Å². The van der Waals surface area contributed by atoms with E-state index in [4.69, 9.17) is 9.47 Å². The van der Waals surface area contributed by atoms with Crippen LogP contribution < -0.4 is 14.8 Å². The van der Waals surface area contributed by atoms with Crippen LogP contribution in [0.5, 0.6) is 11.5 Å². The zero-order valence-corrected chi connectivity index (χ0v) is 23.7. The highest BCUT2D eigenvalue weighted by molar-refractivity contribution is 5.94. The van der Waals surface area contributed by atoms with Crippen molar-refractivity contribution in [3.05, 3.63) is 59.7 Å². The van der Waals surface area contributed by atoms with E-state index < -0.39 is 18.2 Å². The molecule has 216 valence electrons. The van der Waals surface area contributed by atoms with Crippen molar-refractivity contribution >= 4 is 11.7 Å². The Morgan fingerprint density at radius 3 is 2.31 bits per heavy atom. The molecule has 4 atom stereocenters. The van der Waals surface area contributed by atoms with E-state index in [1.807, 2.05) is 31.2 Å². The van der Waals surface area contributed by atoms with Gasteiger partial charge in [-0.05, 0) is 86.8 Å². The maximum Gasteiger partial charge on any atom is 0.341 e. The second-order valence-electron chi connectivity index (χ2n) is 10.2. The summed E-state index contributed by atoms with van der Waals surface area (Å²) in [4.78, 5) is 17.1. The molecule has 4 unspecified atom stereocenters. The topological polar surface area (TPSA) is 100 Å². The van der Waals surface area contributed by atoms with Gasteiger partial charge in [-0.25, -0.2) is 9.79 Å². The summed E-state index contributed by atoms with van der Waals surface area (Å²) in [5.74, 6) is 1.57. The van der Waals surface area contributed by atoms with E-state index in [1.54, 1.807) is 38.3 Å². The number of aliphatic imine (C=N–C) groups is 1. The molecule has 2 rings (SSSR count). The van der Waals surface area contributed by atoms with E-state index in [9.17, 15) is 19.4 Å². The van der Waals surface area contributed by atoms with Crippen molar-refractivity contribution < 1.29 is 28.9 Å². The van der Waals surface area contributed by atoms with Crippen molar-refractivity contribution in [2.75, 3.05) is 20.4 Å². The Bertz CT molecular complexity index is 997. The van der Waals surface area contributed by atoms with E-state index in [2.05, 4.69) is 17.2 Å². The van der Waals surface area contributed by atoms with Gasteiger partial charge in [0.05, 0.1) is 38.6 Å². The first-order valence-corrected chi connectivity index (χ1v) is 13.9. The SMILES string of the molecule is CCC(O)CCC(C)CC(NC(=O)N=C(C)Cc1ccc(OC)cc1)C(O)c1ccc(OCCCCF)cc1. The molecule has 7 nitrogen and oxygen atoms in total. The number of unbranched alkanes of at least 4 members (excludes halogenated alkanes) is 1. The maximum atomic E-state index is 12.9. The normalized spacial score (nSPS) is 14.8. The molecule has 3 N–H and O–H groups in total. The van der Waals surface area contributed by atoms with Crippen LogP contribution in [0.4, 0.5) is 9.18 Å². The Morgan fingerprint density at radius 1 is 1.03 bits per heavy atom. The molecule has 0 spiro atoms. The third-order valence-electron chi connectivity index (χ3n) is 6.74. The standard InChI is InChI=1S/C31H45FN2O5/c1-5-26(35)13-8-22(2)20-29(30(36)25-11-16-28(17-12-25)39-19-7-6-18-32)34-31(37)33-23(3)21-24-9-14-27(38-4)15-10-24/h9-12,14-17,22,26,29-30,35-36H,5-8,13,18-21H2,1-4H3,(H,34,37). The number of hydrogen-bond donors (Lipinski definition) is 3. The van der Waals surface area contributed by atoms with Crippen LogP contribution in [-0.2, 0) is 6.42 Å². The summed E-state index contributed by atoms with van der Waals surface area (Å²) in [5, 5.41) is 24.1. The van der Waals surface area contributed by atoms with Gasteiger partial charge in [-0.15, -0.1) is 0 Å². The van der Waals surface area contributed by atoms with Crippen LogP contribution in [-0.4, -0.2) is 54.5 Å². The molecule has 2 aromatic carbocycles. The highest BCUT2D eigenvalue weighted by Gasteiger charge is 2.25. The van der Waals surface area contributed by atoms with E-state index in [0.717, 1.165) is 17.7 Å². The lowest BCUT2D eigenvalue weighted by molar-refractivity contribution is 0.112. The number of halogens is 1. The maximum absolute atomic E-state index is 12.9. The van der Waals surface area contributed by atoms with Crippen molar-refractivity contribution in [2.24, 2.45) is 10.9 Å². The zero-order chi connectivity index (χ0) is 28.6. The van der Waals surface area contributed by atoms with Gasteiger partial charge in [0.1, 0.15) is 11.5 Å². The summed E-state index contributed by atoms with van der Waals surface area (Å²) in [7, 11) is 1.61. The number of nitrogens with one attached hydrogen (secondary N) is 1. The third kappa shape index (κ3) is 12.2. The summed E-state index contributed by atoms with van der Waals surface area (Å²) in [6.07, 6.45) is 2.98. The number of methoxy groups -OCH3 is 1. The van der Waals surface area contributed by atoms with E-state index in [-0.39, 0.29) is 18.7 Å². The highest BCUT2D eigenvalue weighted by Crippen LogP contribution is 2.26. The van der Waals surface area contributed by atoms with Gasteiger partial charge in [0.15, 0.2) is 0 Å². The minimum Gasteiger partial charge on any atom is -0.497 e. The summed E-state index contributed by atoms with van der Waals surface area (Å²) < 4.78 is 23.1. The molecular formula is C31H45FN2O5. The number of amides is 2. The van der Waals surface area contributed by atoms with Crippen molar-refractivity contribution in [2.45, 2.75) is 84.0 Å². The minimum absolute atomic E-state index is 0.161. The first kappa shape index (κ1) is 32.2. The number of ether oxygens (including phenoxy) is 2. The number of alkyl halides is 1. The van der Waals surface area contributed by atoms with Crippen LogP contribution in [0.2, 0.25) is 0 Å². The highest BCUT2D eigenvalue weighted by atomic mass is 19.1. The first-order valence-electron chi connectivity index (χ1n) is 13.9. The molecule has 0 heterocycles. The van der Waals surface area contributed by atoms with Crippen LogP contribution in [0, 0.1) is 5.92 Å². The number of aliphatic hydroxyl groups is 2. The van der Waals surface area contributed by atoms with Gasteiger partial charge in [0.25, 0.3) is 0 Å². The lowest BCUT2D eigenvalue weighted by atomic mass is 9.90.